The molecule has 1 rings (SSSR count). The van der Waals surface area contributed by atoms with Crippen LogP contribution in [0.25, 0.3) is 0 Å². The third-order valence-electron chi connectivity index (χ3n) is 2.68. The fourth-order valence-electron chi connectivity index (χ4n) is 1.75. The molecule has 1 aliphatic heterocycles. The summed E-state index contributed by atoms with van der Waals surface area (Å²) in [6.07, 6.45) is -3.70. The molecule has 0 aromatic carbocycles. The molecule has 0 unspecified atom stereocenters. The first kappa shape index (κ1) is 14.0. The number of halogens is 3. The van der Waals surface area contributed by atoms with Gasteiger partial charge in [0.2, 0.25) is 0 Å². The maximum Gasteiger partial charge on any atom is 0.401 e. The Kier molecular flexibility index (Phi) is 5.01. The molecule has 0 aromatic rings. The number of hydrogen-bond acceptors (Lipinski definition) is 4. The van der Waals surface area contributed by atoms with Crippen LogP contribution in [-0.4, -0.2) is 66.3 Å². The van der Waals surface area contributed by atoms with Gasteiger partial charge in [0, 0.05) is 39.1 Å². The molecule has 5 nitrogen and oxygen atoms in total. The van der Waals surface area contributed by atoms with Crippen molar-refractivity contribution < 1.29 is 18.4 Å². The van der Waals surface area contributed by atoms with Crippen molar-refractivity contribution in [3.05, 3.63) is 0 Å². The Labute approximate surface area is 97.7 Å². The molecule has 0 aliphatic carbocycles. The van der Waals surface area contributed by atoms with E-state index in [-0.39, 0.29) is 5.84 Å². The minimum Gasteiger partial charge on any atom is -0.409 e. The van der Waals surface area contributed by atoms with Crippen LogP contribution in [0.1, 0.15) is 6.42 Å². The van der Waals surface area contributed by atoms with E-state index in [1.54, 1.807) is 0 Å². The molecule has 100 valence electrons. The van der Waals surface area contributed by atoms with E-state index in [9.17, 15) is 13.2 Å². The molecule has 17 heavy (non-hydrogen) atoms. The number of amidine groups is 1. The molecule has 0 aromatic heterocycles. The number of nitrogens with zero attached hydrogens (tertiary/aromatic N) is 3. The second kappa shape index (κ2) is 6.06. The molecule has 0 amide bonds. The average Bonchev–Trinajstić information content (AvgIpc) is 2.25. The largest absolute Gasteiger partial charge is 0.409 e. The SMILES string of the molecule is NC(CCN1CCN(CC(F)(F)F)CC1)=NO. The fraction of sp³-hybridized carbons (Fsp3) is 0.889. The summed E-state index contributed by atoms with van der Waals surface area (Å²) < 4.78 is 36.4. The smallest absolute Gasteiger partial charge is 0.401 e. The highest BCUT2D eigenvalue weighted by atomic mass is 19.4. The standard InChI is InChI=1S/C9H17F3N4O/c10-9(11,12)7-16-5-3-15(4-6-16)2-1-8(13)14-17/h17H,1-7H2,(H2,13,14). The topological polar surface area (TPSA) is 65.1 Å². The minimum absolute atomic E-state index is 0.141. The normalized spacial score (nSPS) is 20.8. The zero-order valence-corrected chi connectivity index (χ0v) is 9.45. The molecular weight excluding hydrogens is 237 g/mol. The Morgan fingerprint density at radius 1 is 1.18 bits per heavy atom. The van der Waals surface area contributed by atoms with Crippen molar-refractivity contribution in [1.29, 1.82) is 0 Å². The third kappa shape index (κ3) is 5.73. The van der Waals surface area contributed by atoms with Gasteiger partial charge in [-0.05, 0) is 0 Å². The summed E-state index contributed by atoms with van der Waals surface area (Å²) >= 11 is 0. The quantitative estimate of drug-likeness (QED) is 0.328. The number of rotatable bonds is 4. The lowest BCUT2D eigenvalue weighted by molar-refractivity contribution is -0.149. The van der Waals surface area contributed by atoms with Gasteiger partial charge in [0.15, 0.2) is 0 Å². The van der Waals surface area contributed by atoms with Crippen molar-refractivity contribution in [2.45, 2.75) is 12.6 Å². The predicted octanol–water partition coefficient (Wildman–Crippen LogP) is 0.303. The summed E-state index contributed by atoms with van der Waals surface area (Å²) in [6, 6.07) is 0. The Bertz CT molecular complexity index is 261. The van der Waals surface area contributed by atoms with E-state index in [0.29, 0.717) is 39.1 Å². The summed E-state index contributed by atoms with van der Waals surface area (Å²) in [6.45, 7) is 1.71. The van der Waals surface area contributed by atoms with Gasteiger partial charge in [-0.2, -0.15) is 13.2 Å². The van der Waals surface area contributed by atoms with Crippen molar-refractivity contribution in [3.63, 3.8) is 0 Å². The van der Waals surface area contributed by atoms with Crippen LogP contribution in [0.15, 0.2) is 5.16 Å². The molecule has 0 spiro atoms. The zero-order valence-electron chi connectivity index (χ0n) is 9.45. The number of piperazine rings is 1. The van der Waals surface area contributed by atoms with Crippen LogP contribution in [0.3, 0.4) is 0 Å². The van der Waals surface area contributed by atoms with Gasteiger partial charge in [0.1, 0.15) is 5.84 Å². The Morgan fingerprint density at radius 2 is 1.71 bits per heavy atom. The first-order valence-corrected chi connectivity index (χ1v) is 5.38. The van der Waals surface area contributed by atoms with Crippen LogP contribution in [0, 0.1) is 0 Å². The van der Waals surface area contributed by atoms with E-state index < -0.39 is 12.7 Å². The van der Waals surface area contributed by atoms with E-state index in [1.165, 1.54) is 4.90 Å². The summed E-state index contributed by atoms with van der Waals surface area (Å²) in [5, 5.41) is 11.2. The molecule has 1 aliphatic rings. The molecule has 0 radical (unpaired) electrons. The maximum absolute atomic E-state index is 12.1. The van der Waals surface area contributed by atoms with Gasteiger partial charge in [-0.3, -0.25) is 4.90 Å². The van der Waals surface area contributed by atoms with Crippen molar-refractivity contribution in [2.24, 2.45) is 10.9 Å². The van der Waals surface area contributed by atoms with Gasteiger partial charge < -0.3 is 15.8 Å². The van der Waals surface area contributed by atoms with Crippen LogP contribution in [0.2, 0.25) is 0 Å². The Hall–Kier alpha value is -1.02. The highest BCUT2D eigenvalue weighted by Crippen LogP contribution is 2.17. The third-order valence-corrected chi connectivity index (χ3v) is 2.68. The van der Waals surface area contributed by atoms with Gasteiger partial charge in [-0.15, -0.1) is 0 Å². The monoisotopic (exact) mass is 254 g/mol. The summed E-state index contributed by atoms with van der Waals surface area (Å²) in [5.41, 5.74) is 5.31. The molecular formula is C9H17F3N4O. The van der Waals surface area contributed by atoms with Gasteiger partial charge in [-0.25, -0.2) is 0 Å². The number of nitrogens with two attached hydrogens (primary N) is 1. The van der Waals surface area contributed by atoms with Gasteiger partial charge in [0.05, 0.1) is 6.54 Å². The highest BCUT2D eigenvalue weighted by molar-refractivity contribution is 5.79. The Balaban J connectivity index is 2.22. The van der Waals surface area contributed by atoms with Crippen LogP contribution in [0.5, 0.6) is 0 Å². The first-order valence-electron chi connectivity index (χ1n) is 5.38. The molecule has 1 fully saturated rings. The second-order valence-electron chi connectivity index (χ2n) is 4.07. The van der Waals surface area contributed by atoms with Gasteiger partial charge in [-0.1, -0.05) is 5.16 Å². The number of oxime groups is 1. The van der Waals surface area contributed by atoms with E-state index in [4.69, 9.17) is 10.9 Å². The van der Waals surface area contributed by atoms with Crippen molar-refractivity contribution in [3.8, 4) is 0 Å². The summed E-state index contributed by atoms with van der Waals surface area (Å²) in [7, 11) is 0. The van der Waals surface area contributed by atoms with Crippen molar-refractivity contribution in [1.82, 2.24) is 9.80 Å². The lowest BCUT2D eigenvalue weighted by atomic mass is 10.3. The fourth-order valence-corrected chi connectivity index (χ4v) is 1.75. The van der Waals surface area contributed by atoms with Crippen molar-refractivity contribution >= 4 is 5.84 Å². The predicted molar refractivity (Wildman–Crippen MR) is 57.0 cm³/mol. The molecule has 3 N–H and O–H groups in total. The maximum atomic E-state index is 12.1. The number of hydrogen-bond donors (Lipinski definition) is 2. The lowest BCUT2D eigenvalue weighted by Crippen LogP contribution is -2.49. The van der Waals surface area contributed by atoms with Crippen LogP contribution in [-0.2, 0) is 0 Å². The lowest BCUT2D eigenvalue weighted by Gasteiger charge is -2.34. The molecule has 0 saturated carbocycles. The van der Waals surface area contributed by atoms with Crippen LogP contribution in [0.4, 0.5) is 13.2 Å². The highest BCUT2D eigenvalue weighted by Gasteiger charge is 2.31. The first-order chi connectivity index (χ1) is 7.90. The van der Waals surface area contributed by atoms with E-state index in [0.717, 1.165) is 0 Å². The van der Waals surface area contributed by atoms with Crippen LogP contribution >= 0.6 is 0 Å². The summed E-state index contributed by atoms with van der Waals surface area (Å²) in [5.74, 6) is 0.141. The van der Waals surface area contributed by atoms with Gasteiger partial charge in [0.25, 0.3) is 0 Å². The van der Waals surface area contributed by atoms with Gasteiger partial charge >= 0.3 is 6.18 Å². The average molecular weight is 254 g/mol. The Morgan fingerprint density at radius 3 is 2.18 bits per heavy atom. The summed E-state index contributed by atoms with van der Waals surface area (Å²) in [4.78, 5) is 3.39. The second-order valence-corrected chi connectivity index (χ2v) is 4.07. The zero-order chi connectivity index (χ0) is 12.9. The molecule has 8 heteroatoms. The molecule has 0 bridgehead atoms. The van der Waals surface area contributed by atoms with E-state index in [1.807, 2.05) is 4.90 Å². The number of alkyl halides is 3. The van der Waals surface area contributed by atoms with Crippen LogP contribution < -0.4 is 5.73 Å². The molecule has 1 heterocycles. The molecule has 1 saturated heterocycles. The minimum atomic E-state index is -4.13. The van der Waals surface area contributed by atoms with E-state index >= 15 is 0 Å². The molecule has 0 atom stereocenters. The van der Waals surface area contributed by atoms with Crippen molar-refractivity contribution in [2.75, 3.05) is 39.3 Å². The van der Waals surface area contributed by atoms with E-state index in [2.05, 4.69) is 5.16 Å².